The SMILES string of the molecule is CN=C(NCc1cccc(NC(=O)C2CCCO2)c1)N1CC2CCCCC2C1. The van der Waals surface area contributed by atoms with Crippen LogP contribution in [0.3, 0.4) is 0 Å². The van der Waals surface area contributed by atoms with Crippen molar-refractivity contribution < 1.29 is 9.53 Å². The lowest BCUT2D eigenvalue weighted by molar-refractivity contribution is -0.124. The minimum Gasteiger partial charge on any atom is -0.368 e. The quantitative estimate of drug-likeness (QED) is 0.619. The number of hydrogen-bond donors (Lipinski definition) is 2. The lowest BCUT2D eigenvalue weighted by Crippen LogP contribution is -2.39. The van der Waals surface area contributed by atoms with Gasteiger partial charge >= 0.3 is 0 Å². The Bertz CT molecular complexity index is 700. The molecule has 1 saturated carbocycles. The van der Waals surface area contributed by atoms with E-state index in [1.165, 1.54) is 25.7 Å². The Morgan fingerprint density at radius 1 is 1.18 bits per heavy atom. The largest absolute Gasteiger partial charge is 0.368 e. The van der Waals surface area contributed by atoms with Gasteiger partial charge in [-0.2, -0.15) is 0 Å². The summed E-state index contributed by atoms with van der Waals surface area (Å²) in [4.78, 5) is 19.2. The predicted octanol–water partition coefficient (Wildman–Crippen LogP) is 3.00. The third-order valence-corrected chi connectivity index (χ3v) is 6.35. The molecule has 6 nitrogen and oxygen atoms in total. The number of fused-ring (bicyclic) bond motifs is 1. The fraction of sp³-hybridized carbons (Fsp3) is 0.636. The van der Waals surface area contributed by atoms with E-state index in [9.17, 15) is 4.79 Å². The number of aliphatic imine (C=N–C) groups is 1. The first-order chi connectivity index (χ1) is 13.7. The molecular formula is C22H32N4O2. The molecule has 3 aliphatic rings. The molecule has 2 N–H and O–H groups in total. The van der Waals surface area contributed by atoms with E-state index in [0.29, 0.717) is 13.2 Å². The number of guanidine groups is 1. The summed E-state index contributed by atoms with van der Waals surface area (Å²) in [5.74, 6) is 2.62. The van der Waals surface area contributed by atoms with Gasteiger partial charge in [-0.1, -0.05) is 25.0 Å². The molecule has 2 aliphatic heterocycles. The number of rotatable bonds is 4. The zero-order valence-electron chi connectivity index (χ0n) is 16.8. The second kappa shape index (κ2) is 8.95. The van der Waals surface area contributed by atoms with Gasteiger partial charge in [-0.05, 0) is 55.2 Å². The summed E-state index contributed by atoms with van der Waals surface area (Å²) in [6, 6.07) is 8.01. The van der Waals surface area contributed by atoms with Crippen molar-refractivity contribution in [3.63, 3.8) is 0 Å². The van der Waals surface area contributed by atoms with Gasteiger partial charge in [-0.15, -0.1) is 0 Å². The van der Waals surface area contributed by atoms with E-state index in [4.69, 9.17) is 4.74 Å². The van der Waals surface area contributed by atoms with Crippen LogP contribution in [0.1, 0.15) is 44.1 Å². The van der Waals surface area contributed by atoms with E-state index in [0.717, 1.165) is 55.0 Å². The van der Waals surface area contributed by atoms with Crippen molar-refractivity contribution in [2.24, 2.45) is 16.8 Å². The third kappa shape index (κ3) is 4.49. The average Bonchev–Trinajstić information content (AvgIpc) is 3.39. The van der Waals surface area contributed by atoms with E-state index in [1.807, 2.05) is 25.2 Å². The Hall–Kier alpha value is -2.08. The van der Waals surface area contributed by atoms with Gasteiger partial charge in [-0.25, -0.2) is 0 Å². The molecule has 0 aromatic heterocycles. The van der Waals surface area contributed by atoms with Gasteiger partial charge in [-0.3, -0.25) is 9.79 Å². The minimum absolute atomic E-state index is 0.0434. The number of nitrogens with zero attached hydrogens (tertiary/aromatic N) is 2. The highest BCUT2D eigenvalue weighted by Crippen LogP contribution is 2.35. The van der Waals surface area contributed by atoms with Crippen LogP contribution in [0.5, 0.6) is 0 Å². The van der Waals surface area contributed by atoms with Gasteiger partial charge in [0.05, 0.1) is 0 Å². The summed E-state index contributed by atoms with van der Waals surface area (Å²) in [5.41, 5.74) is 1.95. The molecule has 2 heterocycles. The lowest BCUT2D eigenvalue weighted by atomic mass is 9.82. The summed E-state index contributed by atoms with van der Waals surface area (Å²) >= 11 is 0. The van der Waals surface area contributed by atoms with Gasteiger partial charge in [0, 0.05) is 39.0 Å². The molecule has 152 valence electrons. The monoisotopic (exact) mass is 384 g/mol. The van der Waals surface area contributed by atoms with Crippen molar-refractivity contribution in [3.8, 4) is 0 Å². The van der Waals surface area contributed by atoms with Crippen molar-refractivity contribution in [3.05, 3.63) is 29.8 Å². The standard InChI is InChI=1S/C22H32N4O2/c1-23-22(26-14-17-7-2-3-8-18(17)15-26)24-13-16-6-4-9-19(12-16)25-21(27)20-10-5-11-28-20/h4,6,9,12,17-18,20H,2-3,5,7-8,10-11,13-15H2,1H3,(H,23,24)(H,25,27). The molecule has 1 aromatic carbocycles. The number of ether oxygens (including phenoxy) is 1. The van der Waals surface area contributed by atoms with Gasteiger partial charge < -0.3 is 20.3 Å². The van der Waals surface area contributed by atoms with Crippen LogP contribution >= 0.6 is 0 Å². The molecule has 3 unspecified atom stereocenters. The molecule has 3 atom stereocenters. The van der Waals surface area contributed by atoms with Gasteiger partial charge in [0.2, 0.25) is 0 Å². The summed E-state index contributed by atoms with van der Waals surface area (Å²) in [6.45, 7) is 3.63. The highest BCUT2D eigenvalue weighted by atomic mass is 16.5. The van der Waals surface area contributed by atoms with Crippen LogP contribution in [0.2, 0.25) is 0 Å². The molecule has 1 aromatic rings. The fourth-order valence-electron chi connectivity index (χ4n) is 4.86. The molecule has 1 amide bonds. The number of carbonyl (C=O) groups is 1. The molecular weight excluding hydrogens is 352 g/mol. The van der Waals surface area contributed by atoms with Crippen LogP contribution in [-0.4, -0.2) is 49.6 Å². The molecule has 3 fully saturated rings. The molecule has 4 rings (SSSR count). The second-order valence-corrected chi connectivity index (χ2v) is 8.30. The van der Waals surface area contributed by atoms with Crippen molar-refractivity contribution >= 4 is 17.6 Å². The normalized spacial score (nSPS) is 27.5. The number of benzene rings is 1. The van der Waals surface area contributed by atoms with E-state index < -0.39 is 0 Å². The van der Waals surface area contributed by atoms with Gasteiger partial charge in [0.15, 0.2) is 5.96 Å². The predicted molar refractivity (Wildman–Crippen MR) is 111 cm³/mol. The summed E-state index contributed by atoms with van der Waals surface area (Å²) in [6.07, 6.45) is 6.95. The number of amides is 1. The van der Waals surface area contributed by atoms with E-state index >= 15 is 0 Å². The van der Waals surface area contributed by atoms with Crippen LogP contribution < -0.4 is 10.6 Å². The topological polar surface area (TPSA) is 66.0 Å². The average molecular weight is 385 g/mol. The Morgan fingerprint density at radius 3 is 2.64 bits per heavy atom. The van der Waals surface area contributed by atoms with Crippen LogP contribution in [0.15, 0.2) is 29.3 Å². The minimum atomic E-state index is -0.306. The van der Waals surface area contributed by atoms with Crippen LogP contribution in [0, 0.1) is 11.8 Å². The van der Waals surface area contributed by atoms with E-state index in [1.54, 1.807) is 0 Å². The van der Waals surface area contributed by atoms with Crippen molar-refractivity contribution in [1.82, 2.24) is 10.2 Å². The first-order valence-electron chi connectivity index (χ1n) is 10.7. The third-order valence-electron chi connectivity index (χ3n) is 6.35. The molecule has 0 spiro atoms. The Balaban J connectivity index is 1.32. The Kier molecular flexibility index (Phi) is 6.15. The fourth-order valence-corrected chi connectivity index (χ4v) is 4.86. The summed E-state index contributed by atoms with van der Waals surface area (Å²) in [5, 5.41) is 6.49. The Morgan fingerprint density at radius 2 is 1.96 bits per heavy atom. The van der Waals surface area contributed by atoms with Gasteiger partial charge in [0.25, 0.3) is 5.91 Å². The maximum atomic E-state index is 12.3. The number of hydrogen-bond acceptors (Lipinski definition) is 3. The lowest BCUT2D eigenvalue weighted by Gasteiger charge is -2.22. The first kappa shape index (κ1) is 19.2. The van der Waals surface area contributed by atoms with Crippen LogP contribution in [-0.2, 0) is 16.1 Å². The van der Waals surface area contributed by atoms with E-state index in [-0.39, 0.29) is 12.0 Å². The maximum Gasteiger partial charge on any atom is 0.253 e. The maximum absolute atomic E-state index is 12.3. The second-order valence-electron chi connectivity index (χ2n) is 8.30. The zero-order valence-corrected chi connectivity index (χ0v) is 16.8. The molecule has 0 radical (unpaired) electrons. The number of nitrogens with one attached hydrogen (secondary N) is 2. The first-order valence-corrected chi connectivity index (χ1v) is 10.7. The smallest absolute Gasteiger partial charge is 0.253 e. The summed E-state index contributed by atoms with van der Waals surface area (Å²) < 4.78 is 5.46. The van der Waals surface area contributed by atoms with E-state index in [2.05, 4.69) is 26.6 Å². The Labute approximate surface area is 167 Å². The molecule has 2 saturated heterocycles. The number of carbonyl (C=O) groups excluding carboxylic acids is 1. The van der Waals surface area contributed by atoms with Crippen LogP contribution in [0.4, 0.5) is 5.69 Å². The number of anilines is 1. The molecule has 6 heteroatoms. The van der Waals surface area contributed by atoms with Gasteiger partial charge in [0.1, 0.15) is 6.10 Å². The van der Waals surface area contributed by atoms with Crippen molar-refractivity contribution in [2.75, 3.05) is 32.1 Å². The molecule has 0 bridgehead atoms. The zero-order chi connectivity index (χ0) is 19.3. The highest BCUT2D eigenvalue weighted by Gasteiger charge is 2.35. The molecule has 1 aliphatic carbocycles. The number of likely N-dealkylation sites (tertiary alicyclic amines) is 1. The van der Waals surface area contributed by atoms with Crippen molar-refractivity contribution in [2.45, 2.75) is 51.2 Å². The van der Waals surface area contributed by atoms with Crippen LogP contribution in [0.25, 0.3) is 0 Å². The molecule has 28 heavy (non-hydrogen) atoms. The summed E-state index contributed by atoms with van der Waals surface area (Å²) in [7, 11) is 1.86. The highest BCUT2D eigenvalue weighted by molar-refractivity contribution is 5.94. The van der Waals surface area contributed by atoms with Crippen molar-refractivity contribution in [1.29, 1.82) is 0 Å².